The van der Waals surface area contributed by atoms with Gasteiger partial charge in [-0.3, -0.25) is 14.4 Å². The summed E-state index contributed by atoms with van der Waals surface area (Å²) >= 11 is 0. The summed E-state index contributed by atoms with van der Waals surface area (Å²) in [5, 5.41) is 5.69. The third kappa shape index (κ3) is 4.25. The van der Waals surface area contributed by atoms with Crippen molar-refractivity contribution in [2.24, 2.45) is 0 Å². The first-order valence-electron chi connectivity index (χ1n) is 9.11. The van der Waals surface area contributed by atoms with Gasteiger partial charge in [-0.2, -0.15) is 0 Å². The average Bonchev–Trinajstić information content (AvgIpc) is 3.37. The molecule has 0 aromatic heterocycles. The Morgan fingerprint density at radius 1 is 1.00 bits per heavy atom. The Hall–Kier alpha value is -2.95. The summed E-state index contributed by atoms with van der Waals surface area (Å²) in [6, 6.07) is 18.6. The van der Waals surface area contributed by atoms with Crippen molar-refractivity contribution in [1.82, 2.24) is 10.6 Å². The van der Waals surface area contributed by atoms with Crippen LogP contribution in [0.3, 0.4) is 0 Å². The molecule has 5 heteroatoms. The highest BCUT2D eigenvalue weighted by Gasteiger charge is 2.61. The zero-order chi connectivity index (χ0) is 19.4. The predicted molar refractivity (Wildman–Crippen MR) is 103 cm³/mol. The summed E-state index contributed by atoms with van der Waals surface area (Å²) in [6.45, 7) is 2.88. The summed E-state index contributed by atoms with van der Waals surface area (Å²) in [5.41, 5.74) is 0.989. The number of ketones is 1. The molecule has 0 bridgehead atoms. The zero-order valence-electron chi connectivity index (χ0n) is 15.6. The lowest BCUT2D eigenvalue weighted by Gasteiger charge is -2.23. The van der Waals surface area contributed by atoms with E-state index >= 15 is 0 Å². The van der Waals surface area contributed by atoms with Crippen LogP contribution in [0.1, 0.15) is 37.3 Å². The summed E-state index contributed by atoms with van der Waals surface area (Å²) in [7, 11) is 0. The molecule has 0 spiro atoms. The molecule has 3 rings (SSSR count). The second-order valence-electron chi connectivity index (χ2n) is 7.15. The molecule has 27 heavy (non-hydrogen) atoms. The number of rotatable bonds is 7. The Labute approximate surface area is 159 Å². The van der Waals surface area contributed by atoms with Gasteiger partial charge in [0.05, 0.1) is 6.04 Å². The lowest BCUT2D eigenvalue weighted by Crippen LogP contribution is -2.54. The molecular weight excluding hydrogens is 340 g/mol. The van der Waals surface area contributed by atoms with E-state index in [1.54, 1.807) is 0 Å². The normalized spacial score (nSPS) is 21.8. The van der Waals surface area contributed by atoms with Crippen molar-refractivity contribution in [1.29, 1.82) is 0 Å². The molecule has 0 radical (unpaired) electrons. The first kappa shape index (κ1) is 18.8. The number of benzene rings is 2. The molecule has 1 aliphatic rings. The maximum atomic E-state index is 13.1. The van der Waals surface area contributed by atoms with E-state index in [4.69, 9.17) is 0 Å². The van der Waals surface area contributed by atoms with Gasteiger partial charge in [-0.25, -0.2) is 0 Å². The Bertz CT molecular complexity index is 835. The first-order chi connectivity index (χ1) is 12.9. The van der Waals surface area contributed by atoms with Gasteiger partial charge in [-0.15, -0.1) is 0 Å². The van der Waals surface area contributed by atoms with E-state index in [1.165, 1.54) is 13.8 Å². The van der Waals surface area contributed by atoms with Crippen LogP contribution < -0.4 is 10.6 Å². The number of hydrogen-bond donors (Lipinski definition) is 2. The number of amides is 2. The summed E-state index contributed by atoms with van der Waals surface area (Å²) in [4.78, 5) is 36.9. The first-order valence-corrected chi connectivity index (χ1v) is 9.11. The molecule has 1 fully saturated rings. The number of carbonyl (C=O) groups excluding carboxylic acids is 3. The van der Waals surface area contributed by atoms with Crippen LogP contribution in [0.25, 0.3) is 0 Å². The highest BCUT2D eigenvalue weighted by atomic mass is 16.2. The number of hydrogen-bond acceptors (Lipinski definition) is 3. The summed E-state index contributed by atoms with van der Waals surface area (Å²) in [5.74, 6) is -0.761. The maximum absolute atomic E-state index is 13.1. The lowest BCUT2D eigenvalue weighted by atomic mass is 10.0. The molecule has 3 atom stereocenters. The molecule has 1 saturated carbocycles. The number of carbonyl (C=O) groups is 3. The van der Waals surface area contributed by atoms with Crippen molar-refractivity contribution >= 4 is 17.6 Å². The van der Waals surface area contributed by atoms with Gasteiger partial charge >= 0.3 is 0 Å². The SMILES string of the molecule is CC(=O)NC1(C(=O)N[C@@H](Cc2ccccc2)C(C)=O)C[C@@H]1c1ccccc1. The lowest BCUT2D eigenvalue weighted by molar-refractivity contribution is -0.131. The molecule has 1 unspecified atom stereocenters. The molecule has 2 aromatic carbocycles. The molecule has 1 aliphatic carbocycles. The molecule has 2 amide bonds. The second kappa shape index (κ2) is 7.74. The van der Waals surface area contributed by atoms with E-state index in [-0.39, 0.29) is 23.5 Å². The number of Topliss-reactive ketones (excluding diaryl/α,β-unsaturated/α-hetero) is 1. The van der Waals surface area contributed by atoms with Gasteiger partial charge in [0, 0.05) is 12.8 Å². The standard InChI is InChI=1S/C22H24N2O3/c1-15(25)20(13-17-9-5-3-6-10-17)23-21(27)22(24-16(2)26)14-19(22)18-11-7-4-8-12-18/h3-12,19-20H,13-14H2,1-2H3,(H,23,27)(H,24,26)/t19-,20+,22?/m1/s1. The topological polar surface area (TPSA) is 75.3 Å². The van der Waals surface area contributed by atoms with Crippen LogP contribution in [0.15, 0.2) is 60.7 Å². The van der Waals surface area contributed by atoms with Crippen LogP contribution >= 0.6 is 0 Å². The largest absolute Gasteiger partial charge is 0.344 e. The third-order valence-electron chi connectivity index (χ3n) is 5.05. The van der Waals surface area contributed by atoms with Crippen molar-refractivity contribution in [2.75, 3.05) is 0 Å². The maximum Gasteiger partial charge on any atom is 0.247 e. The van der Waals surface area contributed by atoms with E-state index < -0.39 is 11.6 Å². The zero-order valence-corrected chi connectivity index (χ0v) is 15.6. The quantitative estimate of drug-likeness (QED) is 0.792. The molecule has 2 N–H and O–H groups in total. The molecule has 2 aromatic rings. The Morgan fingerprint density at radius 3 is 2.15 bits per heavy atom. The van der Waals surface area contributed by atoms with Crippen LogP contribution in [0.5, 0.6) is 0 Å². The van der Waals surface area contributed by atoms with E-state index in [0.29, 0.717) is 12.8 Å². The van der Waals surface area contributed by atoms with Crippen molar-refractivity contribution in [3.05, 3.63) is 71.8 Å². The summed E-state index contributed by atoms with van der Waals surface area (Å²) < 4.78 is 0. The highest BCUT2D eigenvalue weighted by molar-refractivity contribution is 5.98. The van der Waals surface area contributed by atoms with Crippen LogP contribution in [0, 0.1) is 0 Å². The monoisotopic (exact) mass is 364 g/mol. The van der Waals surface area contributed by atoms with Crippen molar-refractivity contribution in [3.8, 4) is 0 Å². The van der Waals surface area contributed by atoms with Gasteiger partial charge in [0.15, 0.2) is 5.78 Å². The molecule has 5 nitrogen and oxygen atoms in total. The Morgan fingerprint density at radius 2 is 1.59 bits per heavy atom. The van der Waals surface area contributed by atoms with E-state index in [0.717, 1.165) is 11.1 Å². The minimum atomic E-state index is -0.989. The van der Waals surface area contributed by atoms with Gasteiger partial charge in [0.2, 0.25) is 11.8 Å². The fraction of sp³-hybridized carbons (Fsp3) is 0.318. The third-order valence-corrected chi connectivity index (χ3v) is 5.05. The van der Waals surface area contributed by atoms with Crippen molar-refractivity contribution in [3.63, 3.8) is 0 Å². The molecule has 0 saturated heterocycles. The van der Waals surface area contributed by atoms with Gasteiger partial charge in [0.1, 0.15) is 5.54 Å². The van der Waals surface area contributed by atoms with Crippen LogP contribution in [-0.4, -0.2) is 29.2 Å². The second-order valence-corrected chi connectivity index (χ2v) is 7.15. The molecule has 0 heterocycles. The minimum absolute atomic E-state index is 0.0908. The predicted octanol–water partition coefficient (Wildman–Crippen LogP) is 2.37. The Kier molecular flexibility index (Phi) is 5.40. The van der Waals surface area contributed by atoms with Gasteiger partial charge < -0.3 is 10.6 Å². The average molecular weight is 364 g/mol. The minimum Gasteiger partial charge on any atom is -0.344 e. The van der Waals surface area contributed by atoms with E-state index in [9.17, 15) is 14.4 Å². The molecule has 140 valence electrons. The van der Waals surface area contributed by atoms with Crippen molar-refractivity contribution in [2.45, 2.75) is 44.2 Å². The Balaban J connectivity index is 1.78. The highest BCUT2D eigenvalue weighted by Crippen LogP contribution is 2.51. The van der Waals surface area contributed by atoms with Crippen LogP contribution in [0.4, 0.5) is 0 Å². The smallest absolute Gasteiger partial charge is 0.247 e. The summed E-state index contributed by atoms with van der Waals surface area (Å²) in [6.07, 6.45) is 0.951. The van der Waals surface area contributed by atoms with Gasteiger partial charge in [-0.1, -0.05) is 60.7 Å². The molecule has 0 aliphatic heterocycles. The van der Waals surface area contributed by atoms with Crippen molar-refractivity contribution < 1.29 is 14.4 Å². The number of nitrogens with one attached hydrogen (secondary N) is 2. The van der Waals surface area contributed by atoms with E-state index in [2.05, 4.69) is 10.6 Å². The fourth-order valence-electron chi connectivity index (χ4n) is 3.54. The van der Waals surface area contributed by atoms with Crippen LogP contribution in [-0.2, 0) is 20.8 Å². The van der Waals surface area contributed by atoms with Gasteiger partial charge in [0.25, 0.3) is 0 Å². The van der Waals surface area contributed by atoms with Gasteiger partial charge in [-0.05, 0) is 30.9 Å². The fourth-order valence-corrected chi connectivity index (χ4v) is 3.54. The molecular formula is C22H24N2O3. The van der Waals surface area contributed by atoms with Crippen LogP contribution in [0.2, 0.25) is 0 Å². The van der Waals surface area contributed by atoms with E-state index in [1.807, 2.05) is 60.7 Å².